The molecular weight excluding hydrogens is 687 g/mol. The van der Waals surface area contributed by atoms with Crippen molar-refractivity contribution < 1.29 is 17.1 Å². The van der Waals surface area contributed by atoms with Gasteiger partial charge in [-0.05, 0) is 111 Å². The second-order valence-electron chi connectivity index (χ2n) is 14.0. The van der Waals surface area contributed by atoms with Crippen molar-refractivity contribution in [3.63, 3.8) is 0 Å². The Hall–Kier alpha value is -6.00. The first-order chi connectivity index (χ1) is 25.4. The Morgan fingerprint density at radius 1 is 0.434 bits per heavy atom. The first-order valence-electron chi connectivity index (χ1n) is 17.8. The van der Waals surface area contributed by atoms with Gasteiger partial charge in [0.05, 0.1) is 33.8 Å². The molecule has 1 radical (unpaired) electrons. The van der Waals surface area contributed by atoms with Crippen molar-refractivity contribution in [1.29, 1.82) is 0 Å². The van der Waals surface area contributed by atoms with Crippen LogP contribution in [0.4, 0.5) is 0 Å². The number of aromatic amines is 1. The molecule has 53 heavy (non-hydrogen) atoms. The molecule has 0 fully saturated rings. The Labute approximate surface area is 320 Å². The van der Waals surface area contributed by atoms with Crippen LogP contribution in [0.5, 0.6) is 0 Å². The Bertz CT molecular complexity index is 2730. The largest absolute Gasteiger partial charge is 0.355 e. The van der Waals surface area contributed by atoms with Crippen LogP contribution in [0.1, 0.15) is 45.0 Å². The second-order valence-corrected chi connectivity index (χ2v) is 14.0. The van der Waals surface area contributed by atoms with Crippen LogP contribution in [0.25, 0.3) is 85.4 Å². The van der Waals surface area contributed by atoms with Crippen molar-refractivity contribution in [2.75, 3.05) is 0 Å². The maximum atomic E-state index is 5.35. The van der Waals surface area contributed by atoms with Crippen LogP contribution in [0.2, 0.25) is 0 Å². The van der Waals surface area contributed by atoms with Crippen LogP contribution in [0, 0.1) is 27.7 Å². The van der Waals surface area contributed by atoms with Crippen molar-refractivity contribution in [3.8, 4) is 39.1 Å². The van der Waals surface area contributed by atoms with Gasteiger partial charge >= 0.3 is 0 Å². The van der Waals surface area contributed by atoms with E-state index in [1.54, 1.807) is 0 Å². The average Bonchev–Trinajstić information content (AvgIpc) is 3.95. The molecule has 5 heteroatoms. The zero-order valence-electron chi connectivity index (χ0n) is 30.2. The van der Waals surface area contributed by atoms with Crippen molar-refractivity contribution in [2.45, 2.75) is 27.7 Å². The van der Waals surface area contributed by atoms with Gasteiger partial charge in [0.15, 0.2) is 0 Å². The first-order valence-corrected chi connectivity index (χ1v) is 17.8. The molecule has 2 aliphatic rings. The van der Waals surface area contributed by atoms with E-state index in [1.165, 1.54) is 22.3 Å². The van der Waals surface area contributed by atoms with Gasteiger partial charge in [0, 0.05) is 50.5 Å². The first kappa shape index (κ1) is 34.1. The van der Waals surface area contributed by atoms with Gasteiger partial charge in [0.25, 0.3) is 0 Å². The Morgan fingerprint density at radius 3 is 1.42 bits per heavy atom. The van der Waals surface area contributed by atoms with Crippen LogP contribution in [-0.2, 0) is 17.1 Å². The molecule has 0 atom stereocenters. The minimum Gasteiger partial charge on any atom is -0.355 e. The SMILES string of the molecule is Cc1ccc(-c2c(-c3ccc(C)cc3)c3c(-c4ccc(C)cc4)c4nc(cc5ccc(cc6nc(cc2n3-c2ccc(C)cc2)C=C6)[nH]5)C=C4)cc1.[Mn]. The van der Waals surface area contributed by atoms with E-state index < -0.39 is 0 Å². The van der Waals surface area contributed by atoms with Gasteiger partial charge in [0.1, 0.15) is 0 Å². The van der Waals surface area contributed by atoms with E-state index in [0.29, 0.717) is 0 Å². The molecule has 4 aromatic carbocycles. The van der Waals surface area contributed by atoms with Crippen molar-refractivity contribution in [3.05, 3.63) is 172 Å². The fraction of sp³-hybridized carbons (Fsp3) is 0.0833. The van der Waals surface area contributed by atoms with Crippen molar-refractivity contribution >= 4 is 46.4 Å². The Balaban J connectivity index is 0.00000400. The monoisotopic (exact) mass is 725 g/mol. The molecule has 0 unspecified atom stereocenters. The molecule has 2 aliphatic heterocycles. The molecule has 257 valence electrons. The van der Waals surface area contributed by atoms with Crippen molar-refractivity contribution in [1.82, 2.24) is 19.5 Å². The van der Waals surface area contributed by atoms with Gasteiger partial charge < -0.3 is 9.55 Å². The summed E-state index contributed by atoms with van der Waals surface area (Å²) in [4.78, 5) is 14.0. The summed E-state index contributed by atoms with van der Waals surface area (Å²) in [5, 5.41) is 0. The maximum absolute atomic E-state index is 5.35. The number of hydrogen-bond donors (Lipinski definition) is 1. The Morgan fingerprint density at radius 2 is 0.868 bits per heavy atom. The quantitative estimate of drug-likeness (QED) is 0.184. The summed E-state index contributed by atoms with van der Waals surface area (Å²) in [6.07, 6.45) is 8.50. The molecule has 5 heterocycles. The fourth-order valence-electron chi connectivity index (χ4n) is 7.28. The maximum Gasteiger partial charge on any atom is 0.0737 e. The number of benzene rings is 4. The number of fused-ring (bicyclic) bond motifs is 8. The van der Waals surface area contributed by atoms with E-state index in [2.05, 4.69) is 189 Å². The van der Waals surface area contributed by atoms with Crippen LogP contribution >= 0.6 is 0 Å². The standard InChI is InChI=1S/C48H38N4.Mn/c1-30-5-13-34(14-6-30)45-43-26-23-40(51-43)28-39-20-19-37(49-39)27-38-21-22-41(50-38)29-44-46(35-15-7-31(2)8-16-35)47(36-17-9-32(3)10-18-36)48(45)52(44)42-24-11-33(4)12-25-42;/h5-29,49H,1-4H3;. The number of rotatable bonds is 4. The summed E-state index contributed by atoms with van der Waals surface area (Å²) in [6, 6.07) is 46.2. The van der Waals surface area contributed by atoms with E-state index in [0.717, 1.165) is 83.9 Å². The van der Waals surface area contributed by atoms with E-state index >= 15 is 0 Å². The summed E-state index contributed by atoms with van der Waals surface area (Å²) in [5.41, 5.74) is 20.4. The van der Waals surface area contributed by atoms with Crippen LogP contribution in [0.15, 0.2) is 127 Å². The molecule has 9 rings (SSSR count). The van der Waals surface area contributed by atoms with Crippen molar-refractivity contribution in [2.24, 2.45) is 0 Å². The number of aromatic nitrogens is 4. The normalized spacial score (nSPS) is 11.8. The molecule has 1 N–H and O–H groups in total. The summed E-state index contributed by atoms with van der Waals surface area (Å²) in [7, 11) is 0. The number of nitrogens with zero attached hydrogens (tertiary/aromatic N) is 3. The van der Waals surface area contributed by atoms with Gasteiger partial charge in [-0.3, -0.25) is 0 Å². The predicted molar refractivity (Wildman–Crippen MR) is 219 cm³/mol. The summed E-state index contributed by atoms with van der Waals surface area (Å²) in [5.74, 6) is 0. The molecule has 0 amide bonds. The van der Waals surface area contributed by atoms with Gasteiger partial charge in [-0.15, -0.1) is 0 Å². The van der Waals surface area contributed by atoms with Gasteiger partial charge in [-0.1, -0.05) is 107 Å². The third-order valence-electron chi connectivity index (χ3n) is 9.98. The minimum atomic E-state index is 0. The molecule has 4 nitrogen and oxygen atoms in total. The molecular formula is C48H38MnN4. The number of H-pyrrole nitrogens is 1. The summed E-state index contributed by atoms with van der Waals surface area (Å²) in [6.45, 7) is 8.57. The molecule has 7 aromatic rings. The summed E-state index contributed by atoms with van der Waals surface area (Å²) >= 11 is 0. The number of aryl methyl sites for hydroxylation is 4. The summed E-state index contributed by atoms with van der Waals surface area (Å²) < 4.78 is 2.44. The molecule has 8 bridgehead atoms. The van der Waals surface area contributed by atoms with Gasteiger partial charge in [-0.2, -0.15) is 0 Å². The molecule has 3 aromatic heterocycles. The second kappa shape index (κ2) is 13.9. The molecule has 0 spiro atoms. The van der Waals surface area contributed by atoms with Crippen LogP contribution < -0.4 is 0 Å². The number of hydrogen-bond acceptors (Lipinski definition) is 2. The predicted octanol–water partition coefficient (Wildman–Crippen LogP) is 12.4. The molecule has 0 saturated heterocycles. The average molecular weight is 726 g/mol. The van der Waals surface area contributed by atoms with E-state index in [9.17, 15) is 0 Å². The van der Waals surface area contributed by atoms with E-state index in [1.807, 2.05) is 0 Å². The third kappa shape index (κ3) is 6.51. The van der Waals surface area contributed by atoms with E-state index in [4.69, 9.17) is 9.97 Å². The number of nitrogens with one attached hydrogen (secondary N) is 1. The Kier molecular flexibility index (Phi) is 8.91. The topological polar surface area (TPSA) is 46.5 Å². The zero-order valence-corrected chi connectivity index (χ0v) is 31.3. The zero-order chi connectivity index (χ0) is 35.3. The minimum absolute atomic E-state index is 0. The molecule has 0 aliphatic carbocycles. The van der Waals surface area contributed by atoms with Crippen LogP contribution in [0.3, 0.4) is 0 Å². The smallest absolute Gasteiger partial charge is 0.0737 e. The molecule has 0 saturated carbocycles. The fourth-order valence-corrected chi connectivity index (χ4v) is 7.28. The van der Waals surface area contributed by atoms with Gasteiger partial charge in [0.2, 0.25) is 0 Å². The van der Waals surface area contributed by atoms with Gasteiger partial charge in [-0.25, -0.2) is 9.97 Å². The third-order valence-corrected chi connectivity index (χ3v) is 9.98. The van der Waals surface area contributed by atoms with Crippen LogP contribution in [-0.4, -0.2) is 19.5 Å². The van der Waals surface area contributed by atoms with E-state index in [-0.39, 0.29) is 17.1 Å².